The molecule has 0 radical (unpaired) electrons. The van der Waals surface area contributed by atoms with Gasteiger partial charge in [0.05, 0.1) is 0 Å². The van der Waals surface area contributed by atoms with Crippen LogP contribution in [0.3, 0.4) is 0 Å². The van der Waals surface area contributed by atoms with E-state index in [0.29, 0.717) is 6.61 Å². The molecule has 6 N–H and O–H groups in total. The highest BCUT2D eigenvalue weighted by Gasteiger charge is 2.04. The van der Waals surface area contributed by atoms with Crippen LogP contribution >= 0.6 is 7.82 Å². The number of hydrogen-bond acceptors (Lipinski definition) is 4. The van der Waals surface area contributed by atoms with Crippen LogP contribution in [-0.2, 0) is 4.57 Å². The van der Waals surface area contributed by atoms with Gasteiger partial charge in [-0.15, -0.1) is 0 Å². The van der Waals surface area contributed by atoms with E-state index in [1.54, 1.807) is 0 Å². The van der Waals surface area contributed by atoms with E-state index in [1.165, 1.54) is 25.7 Å². The van der Waals surface area contributed by atoms with Crippen LogP contribution in [0.4, 0.5) is 0 Å². The summed E-state index contributed by atoms with van der Waals surface area (Å²) >= 11 is 0. The number of aliphatic hydroxyl groups is 3. The van der Waals surface area contributed by atoms with Crippen molar-refractivity contribution in [1.29, 1.82) is 0 Å². The molecule has 0 aromatic heterocycles. The fraction of sp³-hybridized carbons (Fsp3) is 1.00. The van der Waals surface area contributed by atoms with E-state index < -0.39 is 7.82 Å². The van der Waals surface area contributed by atoms with Gasteiger partial charge in [-0.1, -0.05) is 38.5 Å². The lowest BCUT2D eigenvalue weighted by molar-refractivity contribution is 0.141. The van der Waals surface area contributed by atoms with E-state index in [4.69, 9.17) is 34.6 Å². The van der Waals surface area contributed by atoms with Gasteiger partial charge in [-0.25, -0.2) is 4.57 Å². The quantitative estimate of drug-likeness (QED) is 0.244. The molecule has 0 spiro atoms. The summed E-state index contributed by atoms with van der Waals surface area (Å²) in [6, 6.07) is 0. The zero-order chi connectivity index (χ0) is 15.9. The zero-order valence-electron chi connectivity index (χ0n) is 11.9. The van der Waals surface area contributed by atoms with E-state index >= 15 is 0 Å². The lowest BCUT2D eigenvalue weighted by Crippen LogP contribution is -2.10. The van der Waals surface area contributed by atoms with Crippen molar-refractivity contribution in [3.63, 3.8) is 0 Å². The van der Waals surface area contributed by atoms with Crippen molar-refractivity contribution >= 4 is 7.82 Å². The zero-order valence-corrected chi connectivity index (χ0v) is 12.8. The first-order valence-electron chi connectivity index (χ1n) is 6.96. The summed E-state index contributed by atoms with van der Waals surface area (Å²) in [5, 5.41) is 26.3. The summed E-state index contributed by atoms with van der Waals surface area (Å²) in [5.74, 6) is 0.0828. The fourth-order valence-corrected chi connectivity index (χ4v) is 1.67. The highest BCUT2D eigenvalue weighted by atomic mass is 31.2. The predicted molar refractivity (Wildman–Crippen MR) is 75.9 cm³/mol. The molecule has 20 heavy (non-hydrogen) atoms. The Morgan fingerprint density at radius 3 is 1.40 bits per heavy atom. The molecule has 0 unspecified atom stereocenters. The van der Waals surface area contributed by atoms with Gasteiger partial charge < -0.3 is 30.0 Å². The molecule has 0 heterocycles. The minimum absolute atomic E-state index is 0.0828. The highest BCUT2D eigenvalue weighted by molar-refractivity contribution is 7.45. The number of aliphatic hydroxyl groups excluding tert-OH is 3. The third-order valence-corrected chi connectivity index (χ3v) is 2.79. The first-order chi connectivity index (χ1) is 9.35. The largest absolute Gasteiger partial charge is 0.466 e. The van der Waals surface area contributed by atoms with Gasteiger partial charge in [-0.05, 0) is 12.8 Å². The average Bonchev–Trinajstić information content (AvgIpc) is 2.35. The SMILES string of the molecule is O=P(O)(O)O.OCCCCCCCCCC(CO)CO. The lowest BCUT2D eigenvalue weighted by atomic mass is 10.0. The standard InChI is InChI=1S/C12H26O3.H3O4P/c13-9-7-5-3-1-2-4-6-8-12(10-14)11-15;1-5(2,3)4/h12-15H,1-11H2;(H3,1,2,3,4). The maximum atomic E-state index is 8.88. The normalized spacial score (nSPS) is 11.3. The third kappa shape index (κ3) is 26.5. The maximum absolute atomic E-state index is 8.88. The summed E-state index contributed by atoms with van der Waals surface area (Å²) in [6.45, 7) is 0.523. The van der Waals surface area contributed by atoms with Crippen molar-refractivity contribution in [2.24, 2.45) is 5.92 Å². The summed E-state index contributed by atoms with van der Waals surface area (Å²) in [6.07, 6.45) is 8.97. The smallest absolute Gasteiger partial charge is 0.396 e. The van der Waals surface area contributed by atoms with Crippen LogP contribution < -0.4 is 0 Å². The average molecular weight is 316 g/mol. The van der Waals surface area contributed by atoms with Crippen LogP contribution in [0.2, 0.25) is 0 Å². The topological polar surface area (TPSA) is 138 Å². The van der Waals surface area contributed by atoms with Gasteiger partial charge in [0.15, 0.2) is 0 Å². The Morgan fingerprint density at radius 1 is 0.700 bits per heavy atom. The first kappa shape index (κ1) is 22.3. The summed E-state index contributed by atoms with van der Waals surface area (Å²) < 4.78 is 8.88. The van der Waals surface area contributed by atoms with Gasteiger partial charge >= 0.3 is 7.82 Å². The van der Waals surface area contributed by atoms with Gasteiger partial charge in [0, 0.05) is 25.7 Å². The fourth-order valence-electron chi connectivity index (χ4n) is 1.67. The third-order valence-electron chi connectivity index (χ3n) is 2.79. The molecular weight excluding hydrogens is 287 g/mol. The second-order valence-corrected chi connectivity index (χ2v) is 5.76. The van der Waals surface area contributed by atoms with Crippen LogP contribution in [0.1, 0.15) is 51.4 Å². The maximum Gasteiger partial charge on any atom is 0.466 e. The molecule has 8 heteroatoms. The Hall–Kier alpha value is -0.0100. The van der Waals surface area contributed by atoms with E-state index in [0.717, 1.165) is 25.7 Å². The number of unbranched alkanes of at least 4 members (excludes halogenated alkanes) is 6. The molecular formula is C12H29O7P. The van der Waals surface area contributed by atoms with Crippen LogP contribution in [0.15, 0.2) is 0 Å². The molecule has 0 fully saturated rings. The van der Waals surface area contributed by atoms with Crippen molar-refractivity contribution in [3.8, 4) is 0 Å². The van der Waals surface area contributed by atoms with Gasteiger partial charge in [0.25, 0.3) is 0 Å². The summed E-state index contributed by atoms with van der Waals surface area (Å²) in [7, 11) is -4.64. The monoisotopic (exact) mass is 316 g/mol. The van der Waals surface area contributed by atoms with Gasteiger partial charge in [0.2, 0.25) is 0 Å². The number of phosphoric acid groups is 1. The molecule has 124 valence electrons. The molecule has 0 aliphatic rings. The molecule has 7 nitrogen and oxygen atoms in total. The van der Waals surface area contributed by atoms with Crippen molar-refractivity contribution < 1.29 is 34.6 Å². The summed E-state index contributed by atoms with van der Waals surface area (Å²) in [4.78, 5) is 21.6. The Balaban J connectivity index is 0. The van der Waals surface area contributed by atoms with Crippen molar-refractivity contribution in [2.45, 2.75) is 51.4 Å². The van der Waals surface area contributed by atoms with E-state index in [1.807, 2.05) is 0 Å². The molecule has 0 saturated heterocycles. The Kier molecular flexibility index (Phi) is 17.1. The van der Waals surface area contributed by atoms with Crippen LogP contribution in [0.25, 0.3) is 0 Å². The van der Waals surface area contributed by atoms with Crippen molar-refractivity contribution in [1.82, 2.24) is 0 Å². The molecule has 0 atom stereocenters. The Bertz CT molecular complexity index is 220. The molecule has 0 bridgehead atoms. The number of rotatable bonds is 11. The highest BCUT2D eigenvalue weighted by Crippen LogP contribution is 2.25. The van der Waals surface area contributed by atoms with Crippen LogP contribution in [0, 0.1) is 5.92 Å². The number of hydrogen-bond donors (Lipinski definition) is 6. The van der Waals surface area contributed by atoms with E-state index in [-0.39, 0.29) is 19.1 Å². The second-order valence-electron chi connectivity index (χ2n) is 4.73. The summed E-state index contributed by atoms with van der Waals surface area (Å²) in [5.41, 5.74) is 0. The van der Waals surface area contributed by atoms with E-state index in [2.05, 4.69) is 0 Å². The Morgan fingerprint density at radius 2 is 1.05 bits per heavy atom. The van der Waals surface area contributed by atoms with Gasteiger partial charge in [-0.3, -0.25) is 0 Å². The molecule has 0 aliphatic carbocycles. The van der Waals surface area contributed by atoms with Crippen LogP contribution in [0.5, 0.6) is 0 Å². The van der Waals surface area contributed by atoms with Gasteiger partial charge in [0.1, 0.15) is 0 Å². The van der Waals surface area contributed by atoms with Gasteiger partial charge in [-0.2, -0.15) is 0 Å². The van der Waals surface area contributed by atoms with Crippen molar-refractivity contribution in [2.75, 3.05) is 19.8 Å². The molecule has 0 rings (SSSR count). The minimum Gasteiger partial charge on any atom is -0.396 e. The van der Waals surface area contributed by atoms with Crippen molar-refractivity contribution in [3.05, 3.63) is 0 Å². The molecule has 0 aromatic rings. The molecule has 0 aromatic carbocycles. The van der Waals surface area contributed by atoms with E-state index in [9.17, 15) is 0 Å². The first-order valence-corrected chi connectivity index (χ1v) is 8.52. The molecule has 0 amide bonds. The van der Waals surface area contributed by atoms with Crippen LogP contribution in [-0.4, -0.2) is 49.8 Å². The Labute approximate surface area is 120 Å². The molecule has 0 saturated carbocycles. The second kappa shape index (κ2) is 15.4. The lowest BCUT2D eigenvalue weighted by Gasteiger charge is -2.09. The minimum atomic E-state index is -4.64. The predicted octanol–water partition coefficient (Wildman–Crippen LogP) is 0.772. The molecule has 0 aliphatic heterocycles.